The smallest absolute Gasteiger partial charge is 0.0591 e. The molecule has 6 unspecified atom stereocenters. The van der Waals surface area contributed by atoms with Crippen molar-refractivity contribution in [3.05, 3.63) is 11.6 Å². The van der Waals surface area contributed by atoms with Gasteiger partial charge in [0.25, 0.3) is 0 Å². The highest BCUT2D eigenvalue weighted by molar-refractivity contribution is 5.23. The van der Waals surface area contributed by atoms with Crippen molar-refractivity contribution in [2.24, 2.45) is 29.1 Å². The van der Waals surface area contributed by atoms with E-state index in [9.17, 15) is 10.2 Å². The molecule has 6 atom stereocenters. The lowest BCUT2D eigenvalue weighted by Gasteiger charge is -2.52. The van der Waals surface area contributed by atoms with Crippen molar-refractivity contribution in [2.75, 3.05) is 0 Å². The monoisotopic (exact) mass is 376 g/mol. The highest BCUT2D eigenvalue weighted by atomic mass is 16.3. The molecular formula is C25H44O2. The normalized spacial score (nSPS) is 40.8. The first-order valence-electron chi connectivity index (χ1n) is 11.8. The minimum Gasteiger partial charge on any atom is -0.393 e. The van der Waals surface area contributed by atoms with Gasteiger partial charge in [0.05, 0.1) is 11.7 Å². The molecule has 3 aliphatic carbocycles. The summed E-state index contributed by atoms with van der Waals surface area (Å²) < 4.78 is 0. The highest BCUT2D eigenvalue weighted by Gasteiger charge is 2.47. The van der Waals surface area contributed by atoms with Crippen LogP contribution in [0.25, 0.3) is 0 Å². The fraction of sp³-hybridized carbons (Fsp3) is 0.920. The zero-order chi connectivity index (χ0) is 19.7. The fourth-order valence-corrected chi connectivity index (χ4v) is 6.63. The maximum absolute atomic E-state index is 10.2. The number of hydrogen-bond donors (Lipinski definition) is 2. The zero-order valence-electron chi connectivity index (χ0n) is 18.3. The fourth-order valence-electron chi connectivity index (χ4n) is 6.63. The van der Waals surface area contributed by atoms with E-state index in [0.717, 1.165) is 49.4 Å². The molecule has 0 spiro atoms. The van der Waals surface area contributed by atoms with E-state index in [0.29, 0.717) is 5.41 Å². The van der Waals surface area contributed by atoms with E-state index in [2.05, 4.69) is 19.9 Å². The van der Waals surface area contributed by atoms with Crippen LogP contribution < -0.4 is 0 Å². The Morgan fingerprint density at radius 2 is 1.93 bits per heavy atom. The van der Waals surface area contributed by atoms with Crippen LogP contribution in [0, 0.1) is 29.1 Å². The molecule has 2 saturated carbocycles. The van der Waals surface area contributed by atoms with Crippen LogP contribution in [0.4, 0.5) is 0 Å². The van der Waals surface area contributed by atoms with E-state index in [1.807, 2.05) is 13.8 Å². The van der Waals surface area contributed by atoms with Crippen molar-refractivity contribution in [3.8, 4) is 0 Å². The second kappa shape index (κ2) is 8.57. The van der Waals surface area contributed by atoms with Crippen molar-refractivity contribution >= 4 is 0 Å². The molecule has 3 aliphatic rings. The highest BCUT2D eigenvalue weighted by Crippen LogP contribution is 2.56. The maximum Gasteiger partial charge on any atom is 0.0591 e. The van der Waals surface area contributed by atoms with Gasteiger partial charge in [-0.2, -0.15) is 0 Å². The molecule has 0 amide bonds. The van der Waals surface area contributed by atoms with E-state index < -0.39 is 5.60 Å². The Kier molecular flexibility index (Phi) is 6.79. The third-order valence-corrected chi connectivity index (χ3v) is 8.45. The summed E-state index contributed by atoms with van der Waals surface area (Å²) >= 11 is 0. The van der Waals surface area contributed by atoms with Crippen molar-refractivity contribution in [3.63, 3.8) is 0 Å². The molecule has 2 heteroatoms. The Morgan fingerprint density at radius 1 is 1.15 bits per heavy atom. The van der Waals surface area contributed by atoms with E-state index in [-0.39, 0.29) is 6.10 Å². The van der Waals surface area contributed by atoms with Crippen LogP contribution in [0.3, 0.4) is 0 Å². The van der Waals surface area contributed by atoms with Gasteiger partial charge in [-0.1, -0.05) is 64.0 Å². The first kappa shape index (κ1) is 21.4. The standard InChI is InChI=1S/C25H44O2/c1-18-10-11-19(8-6-15-24(2,3)27)7-5-9-23-22(18)13-12-20-17-21(26)14-16-25(20,23)4/h12,18-19,21-23,26-27H,5-11,13-17H2,1-4H3. The van der Waals surface area contributed by atoms with Crippen LogP contribution in [-0.2, 0) is 0 Å². The Hall–Kier alpha value is -0.340. The molecular weight excluding hydrogens is 332 g/mol. The van der Waals surface area contributed by atoms with E-state index in [4.69, 9.17) is 0 Å². The van der Waals surface area contributed by atoms with Gasteiger partial charge in [-0.15, -0.1) is 0 Å². The van der Waals surface area contributed by atoms with Gasteiger partial charge in [-0.05, 0) is 81.5 Å². The van der Waals surface area contributed by atoms with Crippen LogP contribution >= 0.6 is 0 Å². The molecule has 0 heterocycles. The summed E-state index contributed by atoms with van der Waals surface area (Å²) in [5.74, 6) is 3.31. The third kappa shape index (κ3) is 5.18. The molecule has 0 radical (unpaired) electrons. The Balaban J connectivity index is 1.65. The summed E-state index contributed by atoms with van der Waals surface area (Å²) in [7, 11) is 0. The lowest BCUT2D eigenvalue weighted by molar-refractivity contribution is 0.0308. The minimum atomic E-state index is -0.511. The molecule has 3 rings (SSSR count). The van der Waals surface area contributed by atoms with Crippen LogP contribution in [0.5, 0.6) is 0 Å². The molecule has 0 aromatic heterocycles. The second-order valence-corrected chi connectivity index (χ2v) is 11.1. The van der Waals surface area contributed by atoms with Gasteiger partial charge in [0, 0.05) is 0 Å². The summed E-state index contributed by atoms with van der Waals surface area (Å²) in [6.07, 6.45) is 17.0. The molecule has 156 valence electrons. The molecule has 0 aliphatic heterocycles. The van der Waals surface area contributed by atoms with Crippen LogP contribution in [0.15, 0.2) is 11.6 Å². The number of fused-ring (bicyclic) bond motifs is 3. The minimum absolute atomic E-state index is 0.102. The molecule has 2 fully saturated rings. The van der Waals surface area contributed by atoms with Gasteiger partial charge < -0.3 is 10.2 Å². The zero-order valence-corrected chi connectivity index (χ0v) is 18.3. The van der Waals surface area contributed by atoms with Gasteiger partial charge in [-0.3, -0.25) is 0 Å². The summed E-state index contributed by atoms with van der Waals surface area (Å²) in [5, 5.41) is 20.2. The van der Waals surface area contributed by atoms with Crippen molar-refractivity contribution in [1.82, 2.24) is 0 Å². The lowest BCUT2D eigenvalue weighted by Crippen LogP contribution is -2.43. The molecule has 2 nitrogen and oxygen atoms in total. The van der Waals surface area contributed by atoms with Gasteiger partial charge >= 0.3 is 0 Å². The van der Waals surface area contributed by atoms with Gasteiger partial charge in [-0.25, -0.2) is 0 Å². The SMILES string of the molecule is CC1CCC(CCCC(C)(C)O)CCCC2C1CC=C1CC(O)CCC12C. The third-order valence-electron chi connectivity index (χ3n) is 8.45. The van der Waals surface area contributed by atoms with Gasteiger partial charge in [0.15, 0.2) is 0 Å². The van der Waals surface area contributed by atoms with Crippen LogP contribution in [0.1, 0.15) is 105 Å². The average molecular weight is 377 g/mol. The second-order valence-electron chi connectivity index (χ2n) is 11.1. The number of allylic oxidation sites excluding steroid dienone is 1. The van der Waals surface area contributed by atoms with Crippen molar-refractivity contribution < 1.29 is 10.2 Å². The van der Waals surface area contributed by atoms with Crippen LogP contribution in [0.2, 0.25) is 0 Å². The van der Waals surface area contributed by atoms with Crippen molar-refractivity contribution in [1.29, 1.82) is 0 Å². The molecule has 0 bridgehead atoms. The summed E-state index contributed by atoms with van der Waals surface area (Å²) in [5.41, 5.74) is 1.41. The van der Waals surface area contributed by atoms with E-state index >= 15 is 0 Å². The molecule has 0 aromatic carbocycles. The first-order chi connectivity index (χ1) is 12.7. The summed E-state index contributed by atoms with van der Waals surface area (Å²) in [6, 6.07) is 0. The quantitative estimate of drug-likeness (QED) is 0.569. The molecule has 2 N–H and O–H groups in total. The predicted octanol–water partition coefficient (Wildman–Crippen LogP) is 6.26. The summed E-state index contributed by atoms with van der Waals surface area (Å²) in [6.45, 7) is 8.91. The topological polar surface area (TPSA) is 40.5 Å². The number of aliphatic hydroxyl groups excluding tert-OH is 1. The number of rotatable bonds is 4. The van der Waals surface area contributed by atoms with Gasteiger partial charge in [0.2, 0.25) is 0 Å². The predicted molar refractivity (Wildman–Crippen MR) is 114 cm³/mol. The number of aliphatic hydroxyl groups is 2. The molecule has 27 heavy (non-hydrogen) atoms. The number of hydrogen-bond acceptors (Lipinski definition) is 2. The van der Waals surface area contributed by atoms with E-state index in [1.54, 1.807) is 5.57 Å². The Bertz CT molecular complexity index is 517. The molecule has 0 saturated heterocycles. The Labute approximate surface area is 167 Å². The average Bonchev–Trinajstić information content (AvgIpc) is 2.65. The van der Waals surface area contributed by atoms with Crippen molar-refractivity contribution in [2.45, 2.75) is 116 Å². The van der Waals surface area contributed by atoms with Gasteiger partial charge in [0.1, 0.15) is 0 Å². The summed E-state index contributed by atoms with van der Waals surface area (Å²) in [4.78, 5) is 0. The Morgan fingerprint density at radius 3 is 2.67 bits per heavy atom. The molecule has 0 aromatic rings. The van der Waals surface area contributed by atoms with Crippen LogP contribution in [-0.4, -0.2) is 21.9 Å². The van der Waals surface area contributed by atoms with E-state index in [1.165, 1.54) is 51.4 Å². The largest absolute Gasteiger partial charge is 0.393 e. The first-order valence-corrected chi connectivity index (χ1v) is 11.8. The lowest BCUT2D eigenvalue weighted by atomic mass is 9.54. The maximum atomic E-state index is 10.2.